The zero-order valence-electron chi connectivity index (χ0n) is 8.59. The number of rotatable bonds is 1. The second-order valence-corrected chi connectivity index (χ2v) is 3.70. The van der Waals surface area contributed by atoms with Gasteiger partial charge in [0.25, 0.3) is 0 Å². The van der Waals surface area contributed by atoms with Crippen molar-refractivity contribution in [2.24, 2.45) is 5.73 Å². The maximum absolute atomic E-state index is 9.73. The first-order valence-electron chi connectivity index (χ1n) is 5.08. The molecule has 0 aliphatic rings. The highest BCUT2D eigenvalue weighted by molar-refractivity contribution is 5.97. The summed E-state index contributed by atoms with van der Waals surface area (Å²) in [6.45, 7) is 0.450. The monoisotopic (exact) mass is 213 g/mol. The number of aromatic nitrogens is 2. The van der Waals surface area contributed by atoms with Crippen LogP contribution in [0.15, 0.2) is 36.7 Å². The van der Waals surface area contributed by atoms with Crippen LogP contribution in [0.3, 0.4) is 0 Å². The summed E-state index contributed by atoms with van der Waals surface area (Å²) in [5.41, 5.74) is 7.41. The van der Waals surface area contributed by atoms with Gasteiger partial charge in [0, 0.05) is 23.5 Å². The Balaban J connectivity index is 2.51. The molecule has 2 heterocycles. The van der Waals surface area contributed by atoms with Crippen molar-refractivity contribution in [1.29, 1.82) is 0 Å². The van der Waals surface area contributed by atoms with Crippen molar-refractivity contribution in [3.8, 4) is 5.75 Å². The number of hydrogen-bond acceptors (Lipinski definition) is 3. The highest BCUT2D eigenvalue weighted by atomic mass is 16.3. The van der Waals surface area contributed by atoms with Crippen LogP contribution in [-0.4, -0.2) is 14.5 Å². The van der Waals surface area contributed by atoms with Crippen molar-refractivity contribution in [2.75, 3.05) is 0 Å². The van der Waals surface area contributed by atoms with Gasteiger partial charge in [0.2, 0.25) is 0 Å². The van der Waals surface area contributed by atoms with E-state index in [-0.39, 0.29) is 5.75 Å². The van der Waals surface area contributed by atoms with Gasteiger partial charge in [-0.2, -0.15) is 0 Å². The van der Waals surface area contributed by atoms with E-state index in [9.17, 15) is 5.11 Å². The van der Waals surface area contributed by atoms with E-state index in [4.69, 9.17) is 5.73 Å². The van der Waals surface area contributed by atoms with Crippen LogP contribution >= 0.6 is 0 Å². The van der Waals surface area contributed by atoms with Crippen LogP contribution in [0.5, 0.6) is 5.75 Å². The number of phenolic OH excluding ortho intramolecular Hbond substituents is 1. The van der Waals surface area contributed by atoms with Crippen LogP contribution in [0.25, 0.3) is 16.4 Å². The molecule has 4 nitrogen and oxygen atoms in total. The number of imidazole rings is 1. The number of benzene rings is 1. The van der Waals surface area contributed by atoms with Gasteiger partial charge in [0.05, 0.1) is 11.9 Å². The van der Waals surface area contributed by atoms with E-state index in [1.165, 1.54) is 0 Å². The van der Waals surface area contributed by atoms with Gasteiger partial charge in [-0.25, -0.2) is 4.98 Å². The summed E-state index contributed by atoms with van der Waals surface area (Å²) in [5, 5.41) is 11.5. The second kappa shape index (κ2) is 3.21. The normalized spacial score (nSPS) is 11.3. The van der Waals surface area contributed by atoms with E-state index in [0.29, 0.717) is 6.54 Å². The molecule has 4 heteroatoms. The maximum atomic E-state index is 9.73. The number of aromatic hydroxyl groups is 1. The number of nitrogens with two attached hydrogens (primary N) is 1. The third-order valence-electron chi connectivity index (χ3n) is 2.80. The number of nitrogens with zero attached hydrogens (tertiary/aromatic N) is 2. The molecule has 3 rings (SSSR count). The Labute approximate surface area is 91.9 Å². The lowest BCUT2D eigenvalue weighted by Crippen LogP contribution is -2.00. The summed E-state index contributed by atoms with van der Waals surface area (Å²) >= 11 is 0. The minimum atomic E-state index is 0.275. The van der Waals surface area contributed by atoms with Crippen molar-refractivity contribution >= 4 is 16.4 Å². The van der Waals surface area contributed by atoms with E-state index in [1.54, 1.807) is 12.3 Å². The van der Waals surface area contributed by atoms with E-state index < -0.39 is 0 Å². The molecule has 0 unspecified atom stereocenters. The van der Waals surface area contributed by atoms with E-state index in [1.807, 2.05) is 28.8 Å². The summed E-state index contributed by atoms with van der Waals surface area (Å²) in [6.07, 6.45) is 3.64. The largest absolute Gasteiger partial charge is 0.507 e. The molecule has 0 aliphatic heterocycles. The van der Waals surface area contributed by atoms with Crippen LogP contribution in [0.4, 0.5) is 0 Å². The average Bonchev–Trinajstić information content (AvgIpc) is 2.72. The molecule has 2 aromatic heterocycles. The molecule has 0 aliphatic carbocycles. The number of hydrogen-bond donors (Lipinski definition) is 2. The molecule has 1 aromatic carbocycles. The summed E-state index contributed by atoms with van der Waals surface area (Å²) in [6, 6.07) is 7.30. The zero-order chi connectivity index (χ0) is 11.1. The minimum Gasteiger partial charge on any atom is -0.507 e. The molecule has 3 aromatic rings. The van der Waals surface area contributed by atoms with E-state index in [0.717, 1.165) is 22.1 Å². The van der Waals surface area contributed by atoms with Crippen LogP contribution in [0.1, 0.15) is 5.69 Å². The molecule has 80 valence electrons. The van der Waals surface area contributed by atoms with Gasteiger partial charge in [-0.3, -0.25) is 0 Å². The first-order chi connectivity index (χ1) is 7.81. The Bertz CT molecular complexity index is 672. The fourth-order valence-corrected chi connectivity index (χ4v) is 1.99. The molecular weight excluding hydrogens is 202 g/mol. The van der Waals surface area contributed by atoms with Crippen molar-refractivity contribution in [1.82, 2.24) is 9.38 Å². The predicted octanol–water partition coefficient (Wildman–Crippen LogP) is 1.65. The maximum Gasteiger partial charge on any atom is 0.144 e. The van der Waals surface area contributed by atoms with Crippen molar-refractivity contribution in [3.63, 3.8) is 0 Å². The molecule has 0 bridgehead atoms. The molecule has 0 amide bonds. The fourth-order valence-electron chi connectivity index (χ4n) is 1.99. The SMILES string of the molecule is NCc1cnc2c3cccc(O)c3ccn12. The van der Waals surface area contributed by atoms with Crippen LogP contribution in [-0.2, 0) is 6.54 Å². The molecule has 0 spiro atoms. The van der Waals surface area contributed by atoms with Crippen LogP contribution < -0.4 is 5.73 Å². The molecule has 0 atom stereocenters. The molecule has 0 radical (unpaired) electrons. The second-order valence-electron chi connectivity index (χ2n) is 3.70. The van der Waals surface area contributed by atoms with Gasteiger partial charge < -0.3 is 15.2 Å². The fraction of sp³-hybridized carbons (Fsp3) is 0.0833. The summed E-state index contributed by atoms with van der Waals surface area (Å²) in [4.78, 5) is 4.33. The van der Waals surface area contributed by atoms with Gasteiger partial charge in [0.15, 0.2) is 0 Å². The molecule has 0 saturated heterocycles. The summed E-state index contributed by atoms with van der Waals surface area (Å²) < 4.78 is 1.95. The van der Waals surface area contributed by atoms with Gasteiger partial charge in [-0.1, -0.05) is 12.1 Å². The standard InChI is InChI=1S/C12H11N3O/c13-6-8-7-14-12-10-2-1-3-11(16)9(10)4-5-15(8)12/h1-5,7,16H,6,13H2. The molecule has 0 saturated carbocycles. The number of phenols is 1. The number of pyridine rings is 1. The predicted molar refractivity (Wildman–Crippen MR) is 62.3 cm³/mol. The van der Waals surface area contributed by atoms with Crippen LogP contribution in [0, 0.1) is 0 Å². The van der Waals surface area contributed by atoms with E-state index >= 15 is 0 Å². The molecule has 16 heavy (non-hydrogen) atoms. The third kappa shape index (κ3) is 1.10. The Hall–Kier alpha value is -2.07. The van der Waals surface area contributed by atoms with Gasteiger partial charge >= 0.3 is 0 Å². The molecule has 3 N–H and O–H groups in total. The van der Waals surface area contributed by atoms with Gasteiger partial charge in [0.1, 0.15) is 11.4 Å². The summed E-state index contributed by atoms with van der Waals surface area (Å²) in [5.74, 6) is 0.275. The number of fused-ring (bicyclic) bond motifs is 3. The third-order valence-corrected chi connectivity index (χ3v) is 2.80. The summed E-state index contributed by atoms with van der Waals surface area (Å²) in [7, 11) is 0. The van der Waals surface area contributed by atoms with Crippen molar-refractivity contribution < 1.29 is 5.11 Å². The Morgan fingerprint density at radius 1 is 1.25 bits per heavy atom. The van der Waals surface area contributed by atoms with Gasteiger partial charge in [-0.05, 0) is 12.1 Å². The van der Waals surface area contributed by atoms with Crippen molar-refractivity contribution in [3.05, 3.63) is 42.4 Å². The quantitative estimate of drug-likeness (QED) is 0.646. The smallest absolute Gasteiger partial charge is 0.144 e. The average molecular weight is 213 g/mol. The molecular formula is C12H11N3O. The Morgan fingerprint density at radius 2 is 2.12 bits per heavy atom. The first kappa shape index (κ1) is 9.18. The highest BCUT2D eigenvalue weighted by Crippen LogP contribution is 2.27. The lowest BCUT2D eigenvalue weighted by Gasteiger charge is -2.04. The van der Waals surface area contributed by atoms with E-state index in [2.05, 4.69) is 4.98 Å². The van der Waals surface area contributed by atoms with Gasteiger partial charge in [-0.15, -0.1) is 0 Å². The minimum absolute atomic E-state index is 0.275. The highest BCUT2D eigenvalue weighted by Gasteiger charge is 2.07. The Morgan fingerprint density at radius 3 is 2.94 bits per heavy atom. The lowest BCUT2D eigenvalue weighted by atomic mass is 10.1. The Kier molecular flexibility index (Phi) is 1.84. The van der Waals surface area contributed by atoms with Crippen LogP contribution in [0.2, 0.25) is 0 Å². The zero-order valence-corrected chi connectivity index (χ0v) is 8.59. The lowest BCUT2D eigenvalue weighted by molar-refractivity contribution is 0.481. The van der Waals surface area contributed by atoms with Crippen molar-refractivity contribution in [2.45, 2.75) is 6.54 Å². The first-order valence-corrected chi connectivity index (χ1v) is 5.08. The molecule has 0 fully saturated rings. The topological polar surface area (TPSA) is 63.5 Å².